The van der Waals surface area contributed by atoms with Crippen LogP contribution in [-0.2, 0) is 13.8 Å². The molecule has 0 saturated heterocycles. The van der Waals surface area contributed by atoms with Gasteiger partial charge in [0.2, 0.25) is 9.05 Å². The minimum absolute atomic E-state index is 0.0185. The lowest BCUT2D eigenvalue weighted by Gasteiger charge is -2.21. The minimum Gasteiger partial charge on any atom is -0.300 e. The number of rotatable bonds is 2. The van der Waals surface area contributed by atoms with Crippen molar-refractivity contribution < 1.29 is 13.2 Å². The molecule has 0 aromatic carbocycles. The highest BCUT2D eigenvalue weighted by molar-refractivity contribution is 8.13. The van der Waals surface area contributed by atoms with Crippen molar-refractivity contribution in [2.75, 3.05) is 5.75 Å². The van der Waals surface area contributed by atoms with Crippen molar-refractivity contribution in [3.63, 3.8) is 0 Å². The lowest BCUT2D eigenvalue weighted by Crippen LogP contribution is -2.28. The summed E-state index contributed by atoms with van der Waals surface area (Å²) in [5.74, 6) is 0.0561. The zero-order valence-corrected chi connectivity index (χ0v) is 6.78. The third kappa shape index (κ3) is 2.27. The second-order valence-electron chi connectivity index (χ2n) is 2.52. The van der Waals surface area contributed by atoms with E-state index in [1.165, 1.54) is 0 Å². The molecule has 0 heterocycles. The van der Waals surface area contributed by atoms with Crippen molar-refractivity contribution >= 4 is 25.5 Å². The molecule has 0 N–H and O–H groups in total. The van der Waals surface area contributed by atoms with E-state index in [4.69, 9.17) is 10.7 Å². The molecule has 1 rings (SSSR count). The highest BCUT2D eigenvalue weighted by atomic mass is 35.7. The average molecular weight is 183 g/mol. The maximum atomic E-state index is 10.4. The summed E-state index contributed by atoms with van der Waals surface area (Å²) >= 11 is 0. The van der Waals surface area contributed by atoms with E-state index in [2.05, 4.69) is 0 Å². The number of carbonyl (C=O) groups excluding carboxylic acids is 1. The standard InChI is InChI=1S/C5H7ClO3S/c6-10(8,9)3-4-1-5(7)2-4/h4H,1-3H2. The molecule has 1 aliphatic carbocycles. The highest BCUT2D eigenvalue weighted by Crippen LogP contribution is 2.25. The summed E-state index contributed by atoms with van der Waals surface area (Å²) in [4.78, 5) is 10.4. The first kappa shape index (κ1) is 8.01. The van der Waals surface area contributed by atoms with Gasteiger partial charge in [0.1, 0.15) is 5.78 Å². The number of halogens is 1. The van der Waals surface area contributed by atoms with Crippen molar-refractivity contribution in [1.82, 2.24) is 0 Å². The van der Waals surface area contributed by atoms with Crippen LogP contribution >= 0.6 is 10.7 Å². The first-order valence-electron chi connectivity index (χ1n) is 2.91. The van der Waals surface area contributed by atoms with Crippen LogP contribution in [0.2, 0.25) is 0 Å². The van der Waals surface area contributed by atoms with E-state index in [1.807, 2.05) is 0 Å². The van der Waals surface area contributed by atoms with Gasteiger partial charge in [-0.15, -0.1) is 0 Å². The van der Waals surface area contributed by atoms with E-state index < -0.39 is 9.05 Å². The SMILES string of the molecule is O=C1CC(CS(=O)(=O)Cl)C1. The third-order valence-corrected chi connectivity index (χ3v) is 2.71. The number of Topliss-reactive ketones (excluding diaryl/α,β-unsaturated/α-hetero) is 1. The van der Waals surface area contributed by atoms with Crippen LogP contribution in [0.5, 0.6) is 0 Å². The Hall–Kier alpha value is -0.0900. The summed E-state index contributed by atoms with van der Waals surface area (Å²) in [6.07, 6.45) is 0.762. The number of hydrogen-bond donors (Lipinski definition) is 0. The molecule has 0 unspecified atom stereocenters. The second-order valence-corrected chi connectivity index (χ2v) is 5.34. The van der Waals surface area contributed by atoms with Gasteiger partial charge < -0.3 is 0 Å². The Labute approximate surface area is 63.8 Å². The average Bonchev–Trinajstić information content (AvgIpc) is 1.57. The van der Waals surface area contributed by atoms with Gasteiger partial charge in [-0.25, -0.2) is 8.42 Å². The molecule has 0 aliphatic heterocycles. The predicted octanol–water partition coefficient (Wildman–Crippen LogP) is 0.534. The van der Waals surface area contributed by atoms with E-state index >= 15 is 0 Å². The molecule has 0 aromatic rings. The smallest absolute Gasteiger partial charge is 0.232 e. The van der Waals surface area contributed by atoms with Crippen LogP contribution in [0.25, 0.3) is 0 Å². The molecular formula is C5H7ClO3S. The zero-order chi connectivity index (χ0) is 7.78. The van der Waals surface area contributed by atoms with E-state index in [0.29, 0.717) is 12.8 Å². The molecule has 0 amide bonds. The van der Waals surface area contributed by atoms with Crippen molar-refractivity contribution in [1.29, 1.82) is 0 Å². The van der Waals surface area contributed by atoms with Gasteiger partial charge in [0.25, 0.3) is 0 Å². The fraction of sp³-hybridized carbons (Fsp3) is 0.800. The predicted molar refractivity (Wildman–Crippen MR) is 37.4 cm³/mol. The van der Waals surface area contributed by atoms with E-state index in [1.54, 1.807) is 0 Å². The molecule has 0 bridgehead atoms. The molecule has 1 fully saturated rings. The van der Waals surface area contributed by atoms with Crippen LogP contribution in [-0.4, -0.2) is 20.0 Å². The Bertz CT molecular complexity index is 236. The van der Waals surface area contributed by atoms with Gasteiger partial charge >= 0.3 is 0 Å². The van der Waals surface area contributed by atoms with Crippen LogP contribution in [0.3, 0.4) is 0 Å². The normalized spacial score (nSPS) is 20.7. The lowest BCUT2D eigenvalue weighted by atomic mass is 9.86. The minimum atomic E-state index is -3.39. The Morgan fingerprint density at radius 1 is 1.50 bits per heavy atom. The summed E-state index contributed by atoms with van der Waals surface area (Å²) in [6, 6.07) is 0. The van der Waals surface area contributed by atoms with Gasteiger partial charge in [-0.1, -0.05) is 0 Å². The molecule has 5 heteroatoms. The summed E-state index contributed by atoms with van der Waals surface area (Å²) in [6.45, 7) is 0. The summed E-state index contributed by atoms with van der Waals surface area (Å²) in [7, 11) is 1.56. The Morgan fingerprint density at radius 2 is 2.00 bits per heavy atom. The van der Waals surface area contributed by atoms with Gasteiger partial charge in [0, 0.05) is 23.5 Å². The Morgan fingerprint density at radius 3 is 2.30 bits per heavy atom. The molecule has 10 heavy (non-hydrogen) atoms. The topological polar surface area (TPSA) is 51.2 Å². The van der Waals surface area contributed by atoms with Crippen molar-refractivity contribution in [2.24, 2.45) is 5.92 Å². The molecule has 0 spiro atoms. The van der Waals surface area contributed by atoms with Crippen molar-refractivity contribution in [3.8, 4) is 0 Å². The van der Waals surface area contributed by atoms with E-state index in [-0.39, 0.29) is 17.5 Å². The molecule has 0 atom stereocenters. The molecule has 58 valence electrons. The Kier molecular flexibility index (Phi) is 2.01. The summed E-state index contributed by atoms with van der Waals surface area (Å²) in [5, 5.41) is 0. The van der Waals surface area contributed by atoms with Crippen LogP contribution in [0.15, 0.2) is 0 Å². The monoisotopic (exact) mass is 182 g/mol. The first-order valence-corrected chi connectivity index (χ1v) is 5.39. The van der Waals surface area contributed by atoms with Crippen molar-refractivity contribution in [2.45, 2.75) is 12.8 Å². The van der Waals surface area contributed by atoms with Crippen LogP contribution in [0.1, 0.15) is 12.8 Å². The number of hydrogen-bond acceptors (Lipinski definition) is 3. The van der Waals surface area contributed by atoms with Crippen LogP contribution in [0, 0.1) is 5.92 Å². The van der Waals surface area contributed by atoms with Gasteiger partial charge in [-0.2, -0.15) is 0 Å². The summed E-state index contributed by atoms with van der Waals surface area (Å²) < 4.78 is 20.8. The quantitative estimate of drug-likeness (QED) is 0.586. The molecular weight excluding hydrogens is 176 g/mol. The fourth-order valence-electron chi connectivity index (χ4n) is 0.984. The van der Waals surface area contributed by atoms with Gasteiger partial charge in [-0.05, 0) is 5.92 Å². The van der Waals surface area contributed by atoms with Crippen molar-refractivity contribution in [3.05, 3.63) is 0 Å². The van der Waals surface area contributed by atoms with Crippen LogP contribution in [0.4, 0.5) is 0 Å². The van der Waals surface area contributed by atoms with Crippen LogP contribution < -0.4 is 0 Å². The van der Waals surface area contributed by atoms with Gasteiger partial charge in [0.05, 0.1) is 5.75 Å². The van der Waals surface area contributed by atoms with Gasteiger partial charge in [0.15, 0.2) is 0 Å². The maximum Gasteiger partial charge on any atom is 0.232 e. The maximum absolute atomic E-state index is 10.4. The fourth-order valence-corrected chi connectivity index (χ4v) is 2.32. The second kappa shape index (κ2) is 2.51. The lowest BCUT2D eigenvalue weighted by molar-refractivity contribution is -0.126. The molecule has 0 aromatic heterocycles. The number of carbonyl (C=O) groups is 1. The number of ketones is 1. The third-order valence-electron chi connectivity index (χ3n) is 1.47. The Balaban J connectivity index is 2.36. The van der Waals surface area contributed by atoms with Gasteiger partial charge in [-0.3, -0.25) is 4.79 Å². The molecule has 3 nitrogen and oxygen atoms in total. The van der Waals surface area contributed by atoms with E-state index in [0.717, 1.165) is 0 Å². The molecule has 0 radical (unpaired) electrons. The first-order chi connectivity index (χ1) is 4.47. The summed E-state index contributed by atoms with van der Waals surface area (Å²) in [5.41, 5.74) is 0. The largest absolute Gasteiger partial charge is 0.300 e. The van der Waals surface area contributed by atoms with E-state index in [9.17, 15) is 13.2 Å². The zero-order valence-electron chi connectivity index (χ0n) is 5.21. The molecule has 1 aliphatic rings. The molecule has 1 saturated carbocycles. The highest BCUT2D eigenvalue weighted by Gasteiger charge is 2.29.